The van der Waals surface area contributed by atoms with Crippen molar-refractivity contribution in [3.63, 3.8) is 0 Å². The van der Waals surface area contributed by atoms with Gasteiger partial charge in [-0.05, 0) is 30.9 Å². The Morgan fingerprint density at radius 1 is 1.53 bits per heavy atom. The molecule has 0 saturated heterocycles. The average Bonchev–Trinajstić information content (AvgIpc) is 2.11. The number of Topliss-reactive ketones (excluding diaryl/α,β-unsaturated/α-hetero) is 1. The van der Waals surface area contributed by atoms with Crippen molar-refractivity contribution < 1.29 is 9.18 Å². The van der Waals surface area contributed by atoms with Gasteiger partial charge in [0, 0.05) is 6.42 Å². The summed E-state index contributed by atoms with van der Waals surface area (Å²) in [5.74, 6) is -0.0880. The first-order valence-electron chi connectivity index (χ1n) is 4.93. The minimum Gasteiger partial charge on any atom is -0.300 e. The van der Waals surface area contributed by atoms with E-state index in [4.69, 9.17) is 11.6 Å². The highest BCUT2D eigenvalue weighted by Gasteiger charge is 2.11. The molecule has 0 aromatic heterocycles. The largest absolute Gasteiger partial charge is 0.300 e. The molecule has 1 aromatic carbocycles. The van der Waals surface area contributed by atoms with Crippen molar-refractivity contribution in [3.05, 3.63) is 34.6 Å². The van der Waals surface area contributed by atoms with Gasteiger partial charge in [-0.2, -0.15) is 0 Å². The number of hydrogen-bond acceptors (Lipinski definition) is 1. The van der Waals surface area contributed by atoms with Crippen molar-refractivity contribution in [2.24, 2.45) is 5.92 Å². The van der Waals surface area contributed by atoms with Gasteiger partial charge in [0.05, 0.1) is 5.02 Å². The number of ketones is 1. The fourth-order valence-corrected chi connectivity index (χ4v) is 1.84. The highest BCUT2D eigenvalue weighted by Crippen LogP contribution is 2.21. The molecule has 0 aliphatic rings. The summed E-state index contributed by atoms with van der Waals surface area (Å²) in [5, 5.41) is 0.141. The van der Waals surface area contributed by atoms with Gasteiger partial charge in [0.2, 0.25) is 0 Å². The molecule has 0 heterocycles. The van der Waals surface area contributed by atoms with Crippen molar-refractivity contribution in [3.8, 4) is 0 Å². The second-order valence-corrected chi connectivity index (χ2v) is 4.34. The molecule has 0 radical (unpaired) electrons. The summed E-state index contributed by atoms with van der Waals surface area (Å²) in [5.41, 5.74) is 0.580. The van der Waals surface area contributed by atoms with Gasteiger partial charge in [-0.3, -0.25) is 0 Å². The zero-order valence-electron chi connectivity index (χ0n) is 8.89. The van der Waals surface area contributed by atoms with E-state index in [9.17, 15) is 9.18 Å². The van der Waals surface area contributed by atoms with Crippen LogP contribution in [0.4, 0.5) is 4.39 Å². The predicted octanol–water partition coefficient (Wildman–Crippen LogP) is 3.64. The van der Waals surface area contributed by atoms with Gasteiger partial charge >= 0.3 is 0 Å². The Labute approximate surface area is 94.3 Å². The monoisotopic (exact) mass is 228 g/mol. The van der Waals surface area contributed by atoms with Crippen LogP contribution in [0.2, 0.25) is 5.02 Å². The zero-order chi connectivity index (χ0) is 11.4. The highest BCUT2D eigenvalue weighted by molar-refractivity contribution is 6.30. The maximum Gasteiger partial charge on any atom is 0.144 e. The molecule has 0 bridgehead atoms. The molecule has 0 saturated carbocycles. The number of halogens is 2. The summed E-state index contributed by atoms with van der Waals surface area (Å²) in [6, 6.07) is 4.95. The van der Waals surface area contributed by atoms with Crippen LogP contribution in [0.3, 0.4) is 0 Å². The Kier molecular flexibility index (Phi) is 4.28. The summed E-state index contributed by atoms with van der Waals surface area (Å²) in [7, 11) is 0. The van der Waals surface area contributed by atoms with Crippen LogP contribution in [-0.2, 0) is 11.2 Å². The molecule has 0 amide bonds. The third kappa shape index (κ3) is 3.63. The molecule has 1 atom stereocenters. The molecule has 15 heavy (non-hydrogen) atoms. The molecule has 0 spiro atoms. The summed E-state index contributed by atoms with van der Waals surface area (Å²) in [4.78, 5) is 10.9. The molecular weight excluding hydrogens is 215 g/mol. The van der Waals surface area contributed by atoms with Crippen LogP contribution in [-0.4, -0.2) is 5.78 Å². The van der Waals surface area contributed by atoms with Gasteiger partial charge in [0.1, 0.15) is 11.6 Å². The van der Waals surface area contributed by atoms with Gasteiger partial charge in [0.25, 0.3) is 0 Å². The van der Waals surface area contributed by atoms with E-state index in [0.717, 1.165) is 0 Å². The molecule has 0 fully saturated rings. The normalized spacial score (nSPS) is 12.5. The van der Waals surface area contributed by atoms with Gasteiger partial charge in [-0.25, -0.2) is 4.39 Å². The van der Waals surface area contributed by atoms with E-state index in [1.807, 2.05) is 6.92 Å². The van der Waals surface area contributed by atoms with Crippen LogP contribution in [0, 0.1) is 11.7 Å². The van der Waals surface area contributed by atoms with Crippen LogP contribution in [0.1, 0.15) is 25.8 Å². The number of carbonyl (C=O) groups excluding carboxylic acids is 1. The second kappa shape index (κ2) is 5.26. The SMILES string of the molecule is CC(=O)CC(C)Cc1cccc(Cl)c1F. The lowest BCUT2D eigenvalue weighted by molar-refractivity contribution is -0.117. The third-order valence-corrected chi connectivity index (χ3v) is 2.53. The lowest BCUT2D eigenvalue weighted by atomic mass is 9.96. The molecule has 3 heteroatoms. The van der Waals surface area contributed by atoms with E-state index in [0.29, 0.717) is 18.4 Å². The maximum absolute atomic E-state index is 13.5. The molecule has 0 N–H and O–H groups in total. The minimum absolute atomic E-state index is 0.130. The number of hydrogen-bond donors (Lipinski definition) is 0. The highest BCUT2D eigenvalue weighted by atomic mass is 35.5. The molecule has 1 nitrogen and oxygen atoms in total. The first kappa shape index (κ1) is 12.2. The summed E-state index contributed by atoms with van der Waals surface area (Å²) in [6.07, 6.45) is 1.03. The van der Waals surface area contributed by atoms with Crippen molar-refractivity contribution in [2.45, 2.75) is 26.7 Å². The zero-order valence-corrected chi connectivity index (χ0v) is 9.64. The van der Waals surface area contributed by atoms with Crippen LogP contribution in [0.25, 0.3) is 0 Å². The lowest BCUT2D eigenvalue weighted by Crippen LogP contribution is -2.06. The smallest absolute Gasteiger partial charge is 0.144 e. The standard InChI is InChI=1S/C12H14ClFO/c1-8(6-9(2)15)7-10-4-3-5-11(13)12(10)14/h3-5,8H,6-7H2,1-2H3. The molecule has 82 valence electrons. The number of rotatable bonds is 4. The summed E-state index contributed by atoms with van der Waals surface area (Å²) >= 11 is 5.66. The Balaban J connectivity index is 2.72. The van der Waals surface area contributed by atoms with Crippen molar-refractivity contribution in [2.75, 3.05) is 0 Å². The lowest BCUT2D eigenvalue weighted by Gasteiger charge is -2.10. The van der Waals surface area contributed by atoms with E-state index in [1.165, 1.54) is 6.07 Å². The number of benzene rings is 1. The minimum atomic E-state index is -0.366. The van der Waals surface area contributed by atoms with Crippen LogP contribution >= 0.6 is 11.6 Å². The summed E-state index contributed by atoms with van der Waals surface area (Å²) < 4.78 is 13.5. The van der Waals surface area contributed by atoms with E-state index in [1.54, 1.807) is 19.1 Å². The van der Waals surface area contributed by atoms with Crippen molar-refractivity contribution in [1.29, 1.82) is 0 Å². The van der Waals surface area contributed by atoms with E-state index < -0.39 is 0 Å². The predicted molar refractivity (Wildman–Crippen MR) is 59.6 cm³/mol. The Bertz CT molecular complexity index is 363. The van der Waals surface area contributed by atoms with Crippen molar-refractivity contribution >= 4 is 17.4 Å². The van der Waals surface area contributed by atoms with Crippen molar-refractivity contribution in [1.82, 2.24) is 0 Å². The quantitative estimate of drug-likeness (QED) is 0.769. The average molecular weight is 229 g/mol. The molecule has 1 aromatic rings. The van der Waals surface area contributed by atoms with E-state index in [2.05, 4.69) is 0 Å². The molecule has 1 unspecified atom stereocenters. The van der Waals surface area contributed by atoms with Crippen LogP contribution < -0.4 is 0 Å². The fourth-order valence-electron chi connectivity index (χ4n) is 1.64. The number of carbonyl (C=O) groups is 1. The van der Waals surface area contributed by atoms with Gasteiger partial charge in [0.15, 0.2) is 0 Å². The summed E-state index contributed by atoms with van der Waals surface area (Å²) in [6.45, 7) is 3.48. The van der Waals surface area contributed by atoms with E-state index >= 15 is 0 Å². The Morgan fingerprint density at radius 2 is 2.20 bits per heavy atom. The molecule has 0 aliphatic carbocycles. The first-order chi connectivity index (χ1) is 7.00. The Hall–Kier alpha value is -0.890. The fraction of sp³-hybridized carbons (Fsp3) is 0.417. The molecule has 1 rings (SSSR count). The van der Waals surface area contributed by atoms with Gasteiger partial charge < -0.3 is 4.79 Å². The first-order valence-corrected chi connectivity index (χ1v) is 5.31. The third-order valence-electron chi connectivity index (χ3n) is 2.24. The molecule has 0 aliphatic heterocycles. The van der Waals surface area contributed by atoms with Gasteiger partial charge in [-0.1, -0.05) is 30.7 Å². The maximum atomic E-state index is 13.5. The van der Waals surface area contributed by atoms with Crippen LogP contribution in [0.5, 0.6) is 0 Å². The molecular formula is C12H14ClFO. The van der Waals surface area contributed by atoms with Gasteiger partial charge in [-0.15, -0.1) is 0 Å². The topological polar surface area (TPSA) is 17.1 Å². The van der Waals surface area contributed by atoms with Crippen LogP contribution in [0.15, 0.2) is 18.2 Å². The second-order valence-electron chi connectivity index (χ2n) is 3.93. The van der Waals surface area contributed by atoms with E-state index in [-0.39, 0.29) is 22.5 Å². The Morgan fingerprint density at radius 3 is 2.80 bits per heavy atom.